The topological polar surface area (TPSA) is 161 Å². The summed E-state index contributed by atoms with van der Waals surface area (Å²) >= 11 is 0. The predicted octanol–water partition coefficient (Wildman–Crippen LogP) is 3.09. The molecular weight excluding hydrogens is 482 g/mol. The van der Waals surface area contributed by atoms with Crippen molar-refractivity contribution in [2.75, 3.05) is 17.7 Å². The first-order valence-corrected chi connectivity index (χ1v) is 12.8. The van der Waals surface area contributed by atoms with Crippen molar-refractivity contribution < 1.29 is 9.53 Å². The molecule has 1 amide bonds. The molecule has 1 fully saturated rings. The van der Waals surface area contributed by atoms with E-state index in [1.807, 2.05) is 19.9 Å². The molecule has 4 rings (SSSR count). The summed E-state index contributed by atoms with van der Waals surface area (Å²) in [7, 11) is 0. The van der Waals surface area contributed by atoms with Crippen LogP contribution in [-0.2, 0) is 17.9 Å². The Bertz CT molecular complexity index is 1360. The van der Waals surface area contributed by atoms with Crippen molar-refractivity contribution in [1.29, 1.82) is 5.41 Å². The van der Waals surface area contributed by atoms with Gasteiger partial charge in [0.1, 0.15) is 18.1 Å². The van der Waals surface area contributed by atoms with E-state index in [2.05, 4.69) is 15.6 Å². The molecule has 0 unspecified atom stereocenters. The van der Waals surface area contributed by atoms with Crippen LogP contribution in [0.4, 0.5) is 11.5 Å². The van der Waals surface area contributed by atoms with E-state index in [0.717, 1.165) is 5.56 Å². The summed E-state index contributed by atoms with van der Waals surface area (Å²) < 4.78 is 7.39. The van der Waals surface area contributed by atoms with Crippen molar-refractivity contribution >= 4 is 23.2 Å². The standard InChI is InChI=1S/C28H35N7O3/c1-17(2)34-27-28(37)35(15-25(36)32-13-18-6-8-20(9-7-18)26(30)31)24(14-33-27)21-10-22(29)12-23(11-21)38-16-19-4-3-5-19/h6-12,14,17,19H,3-5,13,15-16,29H2,1-2H3,(H3,30,31)(H,32,36)(H,33,34). The number of nitrogen functional groups attached to an aromatic ring is 2. The third-order valence-electron chi connectivity index (χ3n) is 6.47. The molecule has 0 spiro atoms. The molecule has 3 aromatic rings. The van der Waals surface area contributed by atoms with Crippen LogP contribution in [0.2, 0.25) is 0 Å². The summed E-state index contributed by atoms with van der Waals surface area (Å²) in [5.74, 6) is 0.990. The van der Waals surface area contributed by atoms with Crippen molar-refractivity contribution in [3.8, 4) is 17.0 Å². The Kier molecular flexibility index (Phi) is 8.30. The van der Waals surface area contributed by atoms with E-state index >= 15 is 0 Å². The number of nitrogens with one attached hydrogen (secondary N) is 3. The average Bonchev–Trinajstić information content (AvgIpc) is 2.84. The van der Waals surface area contributed by atoms with Crippen LogP contribution in [0.5, 0.6) is 5.75 Å². The number of amides is 1. The third kappa shape index (κ3) is 6.70. The van der Waals surface area contributed by atoms with E-state index in [0.29, 0.717) is 40.8 Å². The second-order valence-electron chi connectivity index (χ2n) is 9.97. The molecule has 38 heavy (non-hydrogen) atoms. The van der Waals surface area contributed by atoms with Gasteiger partial charge in [-0.25, -0.2) is 4.98 Å². The number of nitrogens with zero attached hydrogens (tertiary/aromatic N) is 2. The number of hydrogen-bond acceptors (Lipinski definition) is 7. The van der Waals surface area contributed by atoms with Gasteiger partial charge >= 0.3 is 0 Å². The average molecular weight is 518 g/mol. The Morgan fingerprint density at radius 3 is 2.58 bits per heavy atom. The molecule has 1 saturated carbocycles. The first-order chi connectivity index (χ1) is 18.2. The third-order valence-corrected chi connectivity index (χ3v) is 6.47. The molecule has 10 nitrogen and oxygen atoms in total. The molecule has 1 aliphatic rings. The zero-order chi connectivity index (χ0) is 27.2. The first kappa shape index (κ1) is 26.7. The number of anilines is 2. The highest BCUT2D eigenvalue weighted by Crippen LogP contribution is 2.30. The summed E-state index contributed by atoms with van der Waals surface area (Å²) in [6, 6.07) is 12.4. The minimum absolute atomic E-state index is 0.0137. The van der Waals surface area contributed by atoms with Crippen LogP contribution in [0.25, 0.3) is 11.3 Å². The van der Waals surface area contributed by atoms with Gasteiger partial charge in [-0.2, -0.15) is 0 Å². The van der Waals surface area contributed by atoms with E-state index in [4.69, 9.17) is 21.6 Å². The summed E-state index contributed by atoms with van der Waals surface area (Å²) in [6.07, 6.45) is 5.14. The molecule has 200 valence electrons. The maximum Gasteiger partial charge on any atom is 0.294 e. The van der Waals surface area contributed by atoms with Gasteiger partial charge in [-0.1, -0.05) is 30.7 Å². The van der Waals surface area contributed by atoms with Gasteiger partial charge in [0.15, 0.2) is 5.82 Å². The van der Waals surface area contributed by atoms with Gasteiger partial charge < -0.3 is 26.8 Å². The molecule has 1 aliphatic carbocycles. The Labute approximate surface area is 221 Å². The highest BCUT2D eigenvalue weighted by atomic mass is 16.5. The number of nitrogens with two attached hydrogens (primary N) is 2. The SMILES string of the molecule is CC(C)Nc1ncc(-c2cc(N)cc(OCC3CCC3)c2)n(CC(=O)NCc2ccc(C(=N)N)cc2)c1=O. The van der Waals surface area contributed by atoms with Gasteiger partial charge in [0.05, 0.1) is 18.5 Å². The Balaban J connectivity index is 1.58. The lowest BCUT2D eigenvalue weighted by Gasteiger charge is -2.25. The predicted molar refractivity (Wildman–Crippen MR) is 149 cm³/mol. The Morgan fingerprint density at radius 2 is 1.95 bits per heavy atom. The Hall–Kier alpha value is -4.34. The molecule has 0 atom stereocenters. The van der Waals surface area contributed by atoms with Crippen LogP contribution >= 0.6 is 0 Å². The number of rotatable bonds is 11. The molecule has 1 heterocycles. The van der Waals surface area contributed by atoms with E-state index < -0.39 is 5.56 Å². The largest absolute Gasteiger partial charge is 0.493 e. The van der Waals surface area contributed by atoms with E-state index in [1.54, 1.807) is 42.6 Å². The summed E-state index contributed by atoms with van der Waals surface area (Å²) in [5.41, 5.74) is 14.3. The normalized spacial score (nSPS) is 13.1. The molecule has 7 N–H and O–H groups in total. The van der Waals surface area contributed by atoms with Crippen molar-refractivity contribution in [3.63, 3.8) is 0 Å². The summed E-state index contributed by atoms with van der Waals surface area (Å²) in [4.78, 5) is 30.7. The van der Waals surface area contributed by atoms with Gasteiger partial charge in [-0.15, -0.1) is 0 Å². The Morgan fingerprint density at radius 1 is 1.21 bits per heavy atom. The van der Waals surface area contributed by atoms with Crippen molar-refractivity contribution in [1.82, 2.24) is 14.9 Å². The fourth-order valence-electron chi connectivity index (χ4n) is 4.18. The summed E-state index contributed by atoms with van der Waals surface area (Å²) in [6.45, 7) is 4.50. The summed E-state index contributed by atoms with van der Waals surface area (Å²) in [5, 5.41) is 13.4. The number of hydrogen-bond donors (Lipinski definition) is 5. The number of carbonyl (C=O) groups excluding carboxylic acids is 1. The van der Waals surface area contributed by atoms with Crippen molar-refractivity contribution in [2.24, 2.45) is 11.7 Å². The van der Waals surface area contributed by atoms with E-state index in [9.17, 15) is 9.59 Å². The van der Waals surface area contributed by atoms with E-state index in [-0.39, 0.29) is 36.7 Å². The van der Waals surface area contributed by atoms with E-state index in [1.165, 1.54) is 23.8 Å². The molecule has 10 heteroatoms. The maximum atomic E-state index is 13.4. The fourth-order valence-corrected chi connectivity index (χ4v) is 4.18. The fraction of sp³-hybridized carbons (Fsp3) is 0.357. The van der Waals surface area contributed by atoms with Crippen molar-refractivity contribution in [2.45, 2.75) is 52.2 Å². The second kappa shape index (κ2) is 11.8. The zero-order valence-electron chi connectivity index (χ0n) is 21.8. The van der Waals surface area contributed by atoms with Gasteiger partial charge in [-0.3, -0.25) is 19.6 Å². The number of amidine groups is 1. The minimum Gasteiger partial charge on any atom is -0.493 e. The number of aromatic nitrogens is 2. The molecule has 2 aromatic carbocycles. The van der Waals surface area contributed by atoms with Gasteiger partial charge in [-0.05, 0) is 50.3 Å². The van der Waals surface area contributed by atoms with Crippen LogP contribution in [-0.4, -0.2) is 33.9 Å². The number of benzene rings is 2. The van der Waals surface area contributed by atoms with Crippen LogP contribution in [0, 0.1) is 11.3 Å². The molecule has 0 saturated heterocycles. The van der Waals surface area contributed by atoms with Crippen LogP contribution in [0.1, 0.15) is 44.2 Å². The highest BCUT2D eigenvalue weighted by molar-refractivity contribution is 5.94. The molecule has 0 bridgehead atoms. The van der Waals surface area contributed by atoms with Crippen LogP contribution in [0.3, 0.4) is 0 Å². The zero-order valence-corrected chi connectivity index (χ0v) is 21.8. The maximum absolute atomic E-state index is 13.4. The van der Waals surface area contributed by atoms with Gasteiger partial charge in [0.25, 0.3) is 5.56 Å². The van der Waals surface area contributed by atoms with Gasteiger partial charge in [0, 0.05) is 35.5 Å². The quantitative estimate of drug-likeness (QED) is 0.148. The molecule has 1 aromatic heterocycles. The number of ether oxygens (including phenoxy) is 1. The molecule has 0 radical (unpaired) electrons. The lowest BCUT2D eigenvalue weighted by atomic mass is 9.86. The monoisotopic (exact) mass is 517 g/mol. The lowest BCUT2D eigenvalue weighted by Crippen LogP contribution is -2.35. The second-order valence-corrected chi connectivity index (χ2v) is 9.97. The van der Waals surface area contributed by atoms with Crippen LogP contribution < -0.4 is 32.4 Å². The minimum atomic E-state index is -0.406. The van der Waals surface area contributed by atoms with Gasteiger partial charge in [0.2, 0.25) is 5.91 Å². The molecule has 0 aliphatic heterocycles. The first-order valence-electron chi connectivity index (χ1n) is 12.8. The lowest BCUT2D eigenvalue weighted by molar-refractivity contribution is -0.121. The number of carbonyl (C=O) groups is 1. The highest BCUT2D eigenvalue weighted by Gasteiger charge is 2.19. The van der Waals surface area contributed by atoms with Crippen molar-refractivity contribution in [3.05, 3.63) is 70.1 Å². The molecular formula is C28H35N7O3. The van der Waals surface area contributed by atoms with Crippen LogP contribution in [0.15, 0.2) is 53.5 Å². The smallest absolute Gasteiger partial charge is 0.294 e.